The molecule has 1 amide bonds. The molecule has 1 saturated heterocycles. The van der Waals surface area contributed by atoms with E-state index in [0.717, 1.165) is 24.5 Å². The molecule has 1 aliphatic rings. The van der Waals surface area contributed by atoms with Crippen molar-refractivity contribution in [3.8, 4) is 0 Å². The van der Waals surface area contributed by atoms with Crippen LogP contribution in [0.2, 0.25) is 0 Å². The molecule has 0 radical (unpaired) electrons. The third-order valence-electron chi connectivity index (χ3n) is 3.82. The summed E-state index contributed by atoms with van der Waals surface area (Å²) in [6.07, 6.45) is 2.23. The lowest BCUT2D eigenvalue weighted by atomic mass is 10.1. The molecule has 3 unspecified atom stereocenters. The normalized spacial score (nSPS) is 21.2. The minimum Gasteiger partial charge on any atom is -0.372 e. The molecule has 0 aliphatic carbocycles. The summed E-state index contributed by atoms with van der Waals surface area (Å²) in [6.45, 7) is 8.50. The molecule has 1 fully saturated rings. The number of amides is 1. The third-order valence-corrected chi connectivity index (χ3v) is 3.82. The zero-order valence-electron chi connectivity index (χ0n) is 14.4. The van der Waals surface area contributed by atoms with Crippen LogP contribution >= 0.6 is 24.8 Å². The van der Waals surface area contributed by atoms with Crippen molar-refractivity contribution in [1.82, 2.24) is 10.3 Å². The number of nitrogens with one attached hydrogen (secondary N) is 1. The summed E-state index contributed by atoms with van der Waals surface area (Å²) >= 11 is 0. The van der Waals surface area contributed by atoms with E-state index in [9.17, 15) is 4.79 Å². The molecule has 1 aromatic heterocycles. The standard InChI is InChI=1S/C16H26N4O2.2ClH/c1-11(6-17)16(21)19-8-14-4-5-15(18-7-14)20-9-12(2)22-13(3)10-20;;/h4-5,7,11-13H,6,8-10,17H2,1-3H3,(H,19,21);2*1H. The number of aromatic nitrogens is 1. The number of rotatable bonds is 5. The van der Waals surface area contributed by atoms with Crippen molar-refractivity contribution in [2.24, 2.45) is 11.7 Å². The fourth-order valence-corrected chi connectivity index (χ4v) is 2.54. The highest BCUT2D eigenvalue weighted by Crippen LogP contribution is 2.18. The van der Waals surface area contributed by atoms with Crippen molar-refractivity contribution >= 4 is 36.5 Å². The largest absolute Gasteiger partial charge is 0.372 e. The Morgan fingerprint density at radius 3 is 2.50 bits per heavy atom. The maximum atomic E-state index is 11.7. The Balaban J connectivity index is 0.00000264. The lowest BCUT2D eigenvalue weighted by molar-refractivity contribution is -0.124. The lowest BCUT2D eigenvalue weighted by Gasteiger charge is -2.36. The van der Waals surface area contributed by atoms with E-state index in [2.05, 4.69) is 29.0 Å². The second-order valence-electron chi connectivity index (χ2n) is 6.04. The van der Waals surface area contributed by atoms with Crippen LogP contribution < -0.4 is 16.0 Å². The van der Waals surface area contributed by atoms with Gasteiger partial charge < -0.3 is 20.7 Å². The van der Waals surface area contributed by atoms with E-state index < -0.39 is 0 Å². The number of hydrogen-bond donors (Lipinski definition) is 2. The first kappa shape index (κ1) is 22.9. The molecular formula is C16H28Cl2N4O2. The maximum absolute atomic E-state index is 11.7. The molecule has 2 heterocycles. The van der Waals surface area contributed by atoms with Gasteiger partial charge in [0.05, 0.1) is 12.2 Å². The highest BCUT2D eigenvalue weighted by Gasteiger charge is 2.22. The predicted molar refractivity (Wildman–Crippen MR) is 101 cm³/mol. The van der Waals surface area contributed by atoms with Crippen LogP contribution in [0.4, 0.5) is 5.82 Å². The highest BCUT2D eigenvalue weighted by molar-refractivity contribution is 5.85. The van der Waals surface area contributed by atoms with Gasteiger partial charge in [0.1, 0.15) is 5.82 Å². The van der Waals surface area contributed by atoms with Crippen molar-refractivity contribution in [2.75, 3.05) is 24.5 Å². The molecule has 1 aliphatic heterocycles. The van der Waals surface area contributed by atoms with Crippen molar-refractivity contribution in [1.29, 1.82) is 0 Å². The number of anilines is 1. The quantitative estimate of drug-likeness (QED) is 0.815. The predicted octanol–water partition coefficient (Wildman–Crippen LogP) is 1.75. The smallest absolute Gasteiger partial charge is 0.224 e. The van der Waals surface area contributed by atoms with Crippen LogP contribution in [0.5, 0.6) is 0 Å². The van der Waals surface area contributed by atoms with Gasteiger partial charge in [-0.05, 0) is 25.5 Å². The number of hydrogen-bond acceptors (Lipinski definition) is 5. The second kappa shape index (κ2) is 10.7. The molecule has 1 aromatic rings. The van der Waals surface area contributed by atoms with Crippen LogP contribution in [-0.4, -0.2) is 42.7 Å². The Morgan fingerprint density at radius 1 is 1.38 bits per heavy atom. The zero-order valence-corrected chi connectivity index (χ0v) is 16.0. The fraction of sp³-hybridized carbons (Fsp3) is 0.625. The molecular weight excluding hydrogens is 351 g/mol. The van der Waals surface area contributed by atoms with Crippen LogP contribution in [-0.2, 0) is 16.1 Å². The minimum absolute atomic E-state index is 0. The second-order valence-corrected chi connectivity index (χ2v) is 6.04. The molecule has 0 saturated carbocycles. The van der Waals surface area contributed by atoms with Crippen LogP contribution in [0.3, 0.4) is 0 Å². The van der Waals surface area contributed by atoms with Gasteiger partial charge >= 0.3 is 0 Å². The average Bonchev–Trinajstić information content (AvgIpc) is 2.51. The number of ether oxygens (including phenoxy) is 1. The first-order chi connectivity index (χ1) is 10.5. The summed E-state index contributed by atoms with van der Waals surface area (Å²) in [5.41, 5.74) is 6.46. The van der Waals surface area contributed by atoms with Gasteiger partial charge in [-0.2, -0.15) is 0 Å². The van der Waals surface area contributed by atoms with Crippen molar-refractivity contribution in [2.45, 2.75) is 39.5 Å². The summed E-state index contributed by atoms with van der Waals surface area (Å²) in [7, 11) is 0. The van der Waals surface area contributed by atoms with E-state index in [0.29, 0.717) is 13.1 Å². The summed E-state index contributed by atoms with van der Waals surface area (Å²) in [4.78, 5) is 18.4. The number of morpholine rings is 1. The van der Waals surface area contributed by atoms with Crippen LogP contribution in [0.15, 0.2) is 18.3 Å². The van der Waals surface area contributed by atoms with E-state index in [1.807, 2.05) is 25.3 Å². The number of nitrogens with two attached hydrogens (primary N) is 1. The molecule has 138 valence electrons. The number of pyridine rings is 1. The lowest BCUT2D eigenvalue weighted by Crippen LogP contribution is -2.45. The number of nitrogens with zero attached hydrogens (tertiary/aromatic N) is 2. The van der Waals surface area contributed by atoms with Crippen LogP contribution in [0.25, 0.3) is 0 Å². The Hall–Kier alpha value is -1.08. The van der Waals surface area contributed by atoms with Crippen molar-refractivity contribution in [3.05, 3.63) is 23.9 Å². The first-order valence-electron chi connectivity index (χ1n) is 7.82. The Kier molecular flexibility index (Phi) is 10.2. The number of carbonyl (C=O) groups excluding carboxylic acids is 1. The molecule has 0 bridgehead atoms. The Bertz CT molecular complexity index is 491. The molecule has 2 rings (SSSR count). The van der Waals surface area contributed by atoms with Gasteiger partial charge in [-0.25, -0.2) is 4.98 Å². The number of carbonyl (C=O) groups is 1. The van der Waals surface area contributed by atoms with Crippen LogP contribution in [0, 0.1) is 5.92 Å². The third kappa shape index (κ3) is 6.43. The van der Waals surface area contributed by atoms with E-state index in [1.54, 1.807) is 0 Å². The van der Waals surface area contributed by atoms with E-state index in [4.69, 9.17) is 10.5 Å². The molecule has 3 N–H and O–H groups in total. The molecule has 0 spiro atoms. The van der Waals surface area contributed by atoms with Gasteiger partial charge in [0.2, 0.25) is 5.91 Å². The van der Waals surface area contributed by atoms with Gasteiger partial charge in [0.25, 0.3) is 0 Å². The highest BCUT2D eigenvalue weighted by atomic mass is 35.5. The Labute approximate surface area is 156 Å². The first-order valence-corrected chi connectivity index (χ1v) is 7.82. The monoisotopic (exact) mass is 378 g/mol. The minimum atomic E-state index is -0.163. The van der Waals surface area contributed by atoms with Gasteiger partial charge in [-0.3, -0.25) is 4.79 Å². The topological polar surface area (TPSA) is 80.5 Å². The van der Waals surface area contributed by atoms with Crippen molar-refractivity contribution < 1.29 is 9.53 Å². The van der Waals surface area contributed by atoms with E-state index in [1.165, 1.54) is 0 Å². The zero-order chi connectivity index (χ0) is 16.1. The summed E-state index contributed by atoms with van der Waals surface area (Å²) < 4.78 is 5.73. The van der Waals surface area contributed by atoms with Crippen molar-refractivity contribution in [3.63, 3.8) is 0 Å². The van der Waals surface area contributed by atoms with Gasteiger partial charge in [-0.15, -0.1) is 24.8 Å². The van der Waals surface area contributed by atoms with Gasteiger partial charge in [0.15, 0.2) is 0 Å². The van der Waals surface area contributed by atoms with Crippen LogP contribution in [0.1, 0.15) is 26.3 Å². The molecule has 24 heavy (non-hydrogen) atoms. The van der Waals surface area contributed by atoms with Gasteiger partial charge in [-0.1, -0.05) is 13.0 Å². The summed E-state index contributed by atoms with van der Waals surface area (Å²) in [5.74, 6) is 0.762. The molecule has 3 atom stereocenters. The summed E-state index contributed by atoms with van der Waals surface area (Å²) in [5, 5.41) is 2.87. The van der Waals surface area contributed by atoms with E-state index in [-0.39, 0.29) is 48.8 Å². The summed E-state index contributed by atoms with van der Waals surface area (Å²) in [6, 6.07) is 4.00. The SMILES string of the molecule is CC1CN(c2ccc(CNC(=O)C(C)CN)cn2)CC(C)O1.Cl.Cl. The maximum Gasteiger partial charge on any atom is 0.224 e. The molecule has 8 heteroatoms. The van der Waals surface area contributed by atoms with Gasteiger partial charge in [0, 0.05) is 38.3 Å². The fourth-order valence-electron chi connectivity index (χ4n) is 2.54. The number of halogens is 2. The Morgan fingerprint density at radius 2 is 2.00 bits per heavy atom. The molecule has 0 aromatic carbocycles. The average molecular weight is 379 g/mol. The van der Waals surface area contributed by atoms with E-state index >= 15 is 0 Å². The molecule has 6 nitrogen and oxygen atoms in total.